The molecule has 0 heterocycles. The molecule has 0 unspecified atom stereocenters. The summed E-state index contributed by atoms with van der Waals surface area (Å²) >= 11 is 0. The maximum absolute atomic E-state index is 9.14. The van der Waals surface area contributed by atoms with E-state index in [9.17, 15) is 0 Å². The van der Waals surface area contributed by atoms with Gasteiger partial charge in [-0.3, -0.25) is 0 Å². The van der Waals surface area contributed by atoms with E-state index in [1.807, 2.05) is 0 Å². The lowest BCUT2D eigenvalue weighted by molar-refractivity contribution is 0.863. The first kappa shape index (κ1) is 8.80. The van der Waals surface area contributed by atoms with Crippen molar-refractivity contribution >= 4 is 8.07 Å². The summed E-state index contributed by atoms with van der Waals surface area (Å²) in [6.07, 6.45) is 0. The van der Waals surface area contributed by atoms with E-state index in [2.05, 4.69) is 0 Å². The van der Waals surface area contributed by atoms with Gasteiger partial charge in [-0.2, -0.15) is 0 Å². The minimum Gasteiger partial charge on any atom is -0.0622 e. The highest BCUT2D eigenvalue weighted by Crippen LogP contribution is 2.28. The van der Waals surface area contributed by atoms with Crippen LogP contribution in [0.2, 0.25) is 0 Å². The van der Waals surface area contributed by atoms with Crippen LogP contribution in [0.3, 0.4) is 0 Å². The van der Waals surface area contributed by atoms with Crippen LogP contribution in [0, 0.1) is 0 Å². The molecule has 4 aromatic rings. The molecule has 0 fully saturated rings. The quantitative estimate of drug-likeness (QED) is 0.228. The molecular weight excluding hydrogens is 400 g/mol. The van der Waals surface area contributed by atoms with E-state index in [1.165, 1.54) is 0 Å². The molecule has 0 N–H and O–H groups in total. The summed E-state index contributed by atoms with van der Waals surface area (Å²) in [4.78, 5) is 0. The minimum absolute atomic E-state index is 0.0848. The second-order valence-corrected chi connectivity index (χ2v) is 12.5. The lowest BCUT2D eigenvalue weighted by Gasteiger charge is -2.33. The van der Waals surface area contributed by atoms with Crippen LogP contribution in [-0.2, 0) is 24.2 Å². The Morgan fingerprint density at radius 1 is 0.531 bits per heavy atom. The van der Waals surface area contributed by atoms with E-state index in [0.29, 0.717) is 0 Å². The average Bonchev–Trinajstić information content (AvgIpc) is 3.09. The molecule has 1 heteroatoms. The van der Waals surface area contributed by atoms with Crippen LogP contribution in [0.4, 0.5) is 0 Å². The predicted molar refractivity (Wildman–Crippen MR) is 140 cm³/mol. The highest BCUT2D eigenvalue weighted by Gasteiger charge is 2.34. The summed E-state index contributed by atoms with van der Waals surface area (Å²) < 4.78 is 162. The molecule has 0 saturated carbocycles. The smallest absolute Gasteiger partial charge is 0.0622 e. The molecule has 0 radical (unpaired) electrons. The van der Waals surface area contributed by atoms with Gasteiger partial charge < -0.3 is 0 Å². The average molecular weight is 454 g/mol. The van der Waals surface area contributed by atoms with Crippen LogP contribution >= 0.6 is 0 Å². The molecule has 4 aromatic carbocycles. The SMILES string of the molecule is [2H]c1c([2H])c([2H])c(C[Si](Cc2c([2H])c([2H])c([2H])c([2H])c2[2H])(Cc2c([2H])c([2H])c([2H])c([2H])c2[2H])Cc2c([2H])c([2H])c([2H])c(C(C)C)c2[2H])c([2H])c1[2H]. The monoisotopic (exact) mass is 453 g/mol. The van der Waals surface area contributed by atoms with E-state index in [4.69, 9.17) is 26.0 Å². The summed E-state index contributed by atoms with van der Waals surface area (Å²) in [6, 6.07) is -13.2. The molecule has 0 aliphatic carbocycles. The Balaban J connectivity index is 2.24. The van der Waals surface area contributed by atoms with Crippen molar-refractivity contribution in [3.63, 3.8) is 0 Å². The van der Waals surface area contributed by atoms with Crippen molar-refractivity contribution in [1.29, 1.82) is 0 Å². The molecule has 0 aromatic heterocycles. The highest BCUT2D eigenvalue weighted by atomic mass is 28.3. The molecule has 32 heavy (non-hydrogen) atoms. The molecule has 0 bridgehead atoms. The van der Waals surface area contributed by atoms with E-state index >= 15 is 0 Å². The first-order valence-corrected chi connectivity index (χ1v) is 13.1. The molecule has 0 saturated heterocycles. The number of rotatable bonds is 9. The summed E-state index contributed by atoms with van der Waals surface area (Å²) in [6.45, 7) is 3.38. The van der Waals surface area contributed by atoms with Gasteiger partial charge in [-0.15, -0.1) is 0 Å². The Bertz CT molecular complexity index is 1830. The van der Waals surface area contributed by atoms with Crippen molar-refractivity contribution in [1.82, 2.24) is 0 Å². The van der Waals surface area contributed by atoms with E-state index in [1.54, 1.807) is 13.8 Å². The van der Waals surface area contributed by atoms with Gasteiger partial charge in [-0.1, -0.05) is 151 Å². The van der Waals surface area contributed by atoms with Crippen molar-refractivity contribution in [2.75, 3.05) is 0 Å². The Kier molecular flexibility index (Phi) is 2.92. The lowest BCUT2D eigenvalue weighted by atomic mass is 10.0. The molecule has 0 spiro atoms. The minimum atomic E-state index is -4.09. The third-order valence-corrected chi connectivity index (χ3v) is 9.55. The van der Waals surface area contributed by atoms with Crippen molar-refractivity contribution in [2.45, 2.75) is 43.9 Å². The zero-order valence-electron chi connectivity index (χ0n) is 36.9. The van der Waals surface area contributed by atoms with Gasteiger partial charge >= 0.3 is 0 Å². The molecule has 4 rings (SSSR count). The van der Waals surface area contributed by atoms with Crippen LogP contribution in [-0.4, -0.2) is 8.07 Å². The van der Waals surface area contributed by atoms with Crippen molar-refractivity contribution < 1.29 is 26.0 Å². The van der Waals surface area contributed by atoms with Gasteiger partial charge in [0.25, 0.3) is 0 Å². The summed E-state index contributed by atoms with van der Waals surface area (Å²) in [5, 5.41) is 0. The topological polar surface area (TPSA) is 0 Å². The molecular formula is C31H34Si. The molecule has 0 atom stereocenters. The first-order valence-electron chi connectivity index (χ1n) is 19.8. The lowest BCUT2D eigenvalue weighted by Crippen LogP contribution is -2.46. The molecule has 0 nitrogen and oxygen atoms in total. The van der Waals surface area contributed by atoms with Gasteiger partial charge in [0, 0.05) is 0 Å². The highest BCUT2D eigenvalue weighted by molar-refractivity contribution is 6.77. The molecule has 0 aliphatic rings. The second kappa shape index (κ2) is 10.6. The standard InChI is InChI=1S/C31H34Si/c1-26(2)31-20-12-19-30(21-31)25-32(22-27-13-6-3-7-14-27,23-28-15-8-4-9-16-28)24-29-17-10-5-11-18-29/h3-21,26H,22-25H2,1-2H3/i3D,4D,5D,6D,7D,8D,9D,10D,11D,12D,13D,14D,15D,16D,17D,18D,19D,20D,21D. The van der Waals surface area contributed by atoms with Gasteiger partial charge in [0.15, 0.2) is 0 Å². The third-order valence-electron chi connectivity index (χ3n) is 5.14. The van der Waals surface area contributed by atoms with Crippen LogP contribution in [0.15, 0.2) is 115 Å². The van der Waals surface area contributed by atoms with Gasteiger partial charge in [-0.05, 0) is 35.7 Å². The molecule has 0 amide bonds. The van der Waals surface area contributed by atoms with Crippen molar-refractivity contribution in [3.8, 4) is 0 Å². The van der Waals surface area contributed by atoms with Gasteiger partial charge in [0.1, 0.15) is 0 Å². The molecule has 0 aliphatic heterocycles. The number of benzene rings is 4. The maximum atomic E-state index is 9.14. The van der Waals surface area contributed by atoms with E-state index < -0.39 is 135 Å². The number of hydrogen-bond acceptors (Lipinski definition) is 0. The zero-order valence-corrected chi connectivity index (χ0v) is 18.9. The number of hydrogen-bond donors (Lipinski definition) is 0. The van der Waals surface area contributed by atoms with E-state index in [-0.39, 0.29) is 45.9 Å². The fraction of sp³-hybridized carbons (Fsp3) is 0.226. The van der Waals surface area contributed by atoms with Crippen LogP contribution in [0.5, 0.6) is 0 Å². The first-order chi connectivity index (χ1) is 23.5. The Labute approximate surface area is 221 Å². The Hall–Kier alpha value is -2.90. The third kappa shape index (κ3) is 6.08. The zero-order chi connectivity index (χ0) is 38.8. The Morgan fingerprint density at radius 2 is 0.906 bits per heavy atom. The van der Waals surface area contributed by atoms with Crippen LogP contribution in [0.25, 0.3) is 0 Å². The normalized spacial score (nSPS) is 19.9. The van der Waals surface area contributed by atoms with E-state index in [0.717, 1.165) is 0 Å². The van der Waals surface area contributed by atoms with Gasteiger partial charge in [-0.25, -0.2) is 0 Å². The predicted octanol–water partition coefficient (Wildman–Crippen LogP) is 7.69. The summed E-state index contributed by atoms with van der Waals surface area (Å²) in [5.41, 5.74) is -0.672. The molecule has 162 valence electrons. The fourth-order valence-electron chi connectivity index (χ4n) is 3.74. The summed E-state index contributed by atoms with van der Waals surface area (Å²) in [7, 11) is -4.09. The maximum Gasteiger partial charge on any atom is 0.0710 e. The Morgan fingerprint density at radius 3 is 1.31 bits per heavy atom. The van der Waals surface area contributed by atoms with Crippen LogP contribution in [0.1, 0.15) is 73.6 Å². The largest absolute Gasteiger partial charge is 0.0710 e. The van der Waals surface area contributed by atoms with Gasteiger partial charge in [0.2, 0.25) is 0 Å². The second-order valence-electron chi connectivity index (χ2n) is 8.06. The summed E-state index contributed by atoms with van der Waals surface area (Å²) in [5.74, 6) is -0.465. The van der Waals surface area contributed by atoms with Crippen molar-refractivity contribution in [3.05, 3.63) is 143 Å². The van der Waals surface area contributed by atoms with Gasteiger partial charge in [0.05, 0.1) is 34.1 Å². The van der Waals surface area contributed by atoms with Crippen LogP contribution < -0.4 is 0 Å². The fourth-order valence-corrected chi connectivity index (χ4v) is 8.20. The van der Waals surface area contributed by atoms with Crippen molar-refractivity contribution in [2.24, 2.45) is 0 Å².